The summed E-state index contributed by atoms with van der Waals surface area (Å²) in [6.07, 6.45) is 0.382. The fourth-order valence-corrected chi connectivity index (χ4v) is 11.1. The van der Waals surface area contributed by atoms with Gasteiger partial charge in [-0.25, -0.2) is 0 Å². The molecule has 0 aliphatic rings. The van der Waals surface area contributed by atoms with Gasteiger partial charge in [-0.15, -0.1) is 0 Å². The van der Waals surface area contributed by atoms with Gasteiger partial charge in [0, 0.05) is 48.3 Å². The van der Waals surface area contributed by atoms with Crippen LogP contribution in [0.4, 0.5) is 0 Å². The Morgan fingerprint density at radius 2 is 1.05 bits per heavy atom. The Morgan fingerprint density at radius 3 is 1.24 bits per heavy atom. The summed E-state index contributed by atoms with van der Waals surface area (Å²) in [4.78, 5) is 0. The summed E-state index contributed by atoms with van der Waals surface area (Å²) in [6.45, 7) is 0. The number of hydrogen-bond acceptors (Lipinski definition) is 9. The van der Waals surface area contributed by atoms with Crippen LogP contribution in [0.2, 0.25) is 5.16 Å². The van der Waals surface area contributed by atoms with Crippen molar-refractivity contribution >= 4 is 26.7 Å². The molecule has 0 saturated heterocycles. The molecule has 0 bridgehead atoms. The van der Waals surface area contributed by atoms with E-state index in [1.165, 1.54) is 42.7 Å². The molecule has 0 aromatic heterocycles. The van der Waals surface area contributed by atoms with E-state index in [1.54, 1.807) is 0 Å². The zero-order valence-corrected chi connectivity index (χ0v) is 16.8. The fraction of sp³-hybridized carbons (Fsp3) is 1.00. The van der Waals surface area contributed by atoms with Crippen molar-refractivity contribution in [3.8, 4) is 0 Å². The van der Waals surface area contributed by atoms with Crippen LogP contribution in [-0.2, 0) is 26.6 Å². The average molecular weight is 360 g/mol. The maximum absolute atomic E-state index is 6.06. The van der Waals surface area contributed by atoms with E-state index in [-0.39, 0.29) is 5.67 Å². The molecule has 0 aromatic rings. The Labute approximate surface area is 130 Å². The third-order valence-electron chi connectivity index (χ3n) is 3.56. The Morgan fingerprint density at radius 1 is 0.762 bits per heavy atom. The third-order valence-corrected chi connectivity index (χ3v) is 12.5. The topological polar surface area (TPSA) is 133 Å². The van der Waals surface area contributed by atoms with Crippen molar-refractivity contribution in [1.82, 2.24) is 0 Å². The van der Waals surface area contributed by atoms with E-state index in [0.29, 0.717) is 6.42 Å². The lowest BCUT2D eigenvalue weighted by Crippen LogP contribution is -2.65. The van der Waals surface area contributed by atoms with E-state index in [9.17, 15) is 0 Å². The minimum Gasteiger partial charge on any atom is -0.377 e. The molecule has 0 fully saturated rings. The first-order valence-corrected chi connectivity index (χ1v) is 12.0. The second-order valence-electron chi connectivity index (χ2n) is 4.46. The Bertz CT molecular complexity index is 257. The molecule has 0 heterocycles. The lowest BCUT2D eigenvalue weighted by atomic mass is 10.5. The molecule has 1 atom stereocenters. The zero-order chi connectivity index (χ0) is 16.7. The number of rotatable bonds is 11. The van der Waals surface area contributed by atoms with Crippen molar-refractivity contribution in [2.24, 2.45) is 16.5 Å². The Balaban J connectivity index is 5.75. The minimum atomic E-state index is -3.14. The summed E-state index contributed by atoms with van der Waals surface area (Å²) in [5.74, 6) is 0. The molecule has 0 spiro atoms. The quantitative estimate of drug-likeness (QED) is 0.360. The largest absolute Gasteiger partial charge is 0.508 e. The van der Waals surface area contributed by atoms with Gasteiger partial charge < -0.3 is 43.1 Å². The number of nitrogens with two attached hydrogens (primary N) is 3. The second-order valence-corrected chi connectivity index (χ2v) is 13.3. The van der Waals surface area contributed by atoms with Crippen LogP contribution < -0.4 is 16.5 Å². The molecule has 0 amide bonds. The van der Waals surface area contributed by atoms with Crippen LogP contribution in [-0.4, -0.2) is 75.1 Å². The molecule has 6 N–H and O–H groups in total. The van der Waals surface area contributed by atoms with Crippen LogP contribution in [0.3, 0.4) is 0 Å². The summed E-state index contributed by atoms with van der Waals surface area (Å²) in [7, 11) is 0.756. The lowest BCUT2D eigenvalue weighted by Gasteiger charge is -2.40. The highest BCUT2D eigenvalue weighted by atomic mass is 28.5. The van der Waals surface area contributed by atoms with Gasteiger partial charge in [-0.1, -0.05) is 0 Å². The third kappa shape index (κ3) is 4.63. The highest BCUT2D eigenvalue weighted by Crippen LogP contribution is 2.38. The van der Waals surface area contributed by atoms with Crippen molar-refractivity contribution in [3.63, 3.8) is 0 Å². The van der Waals surface area contributed by atoms with E-state index in [1.807, 2.05) is 0 Å². The number of hydrogen-bond donors (Lipinski definition) is 3. The first-order valence-electron chi connectivity index (χ1n) is 6.40. The van der Waals surface area contributed by atoms with Crippen molar-refractivity contribution < 1.29 is 26.6 Å². The fourth-order valence-electron chi connectivity index (χ4n) is 2.29. The lowest BCUT2D eigenvalue weighted by molar-refractivity contribution is 0.0781. The van der Waals surface area contributed by atoms with Crippen molar-refractivity contribution in [1.29, 1.82) is 0 Å². The first kappa shape index (κ1) is 21.3. The molecular formula is C9H29N3O6Si3. The van der Waals surface area contributed by atoms with Crippen LogP contribution in [0, 0.1) is 0 Å². The van der Waals surface area contributed by atoms with Gasteiger partial charge in [-0.2, -0.15) is 0 Å². The Kier molecular flexibility index (Phi) is 9.56. The highest BCUT2D eigenvalue weighted by Gasteiger charge is 2.64. The van der Waals surface area contributed by atoms with Gasteiger partial charge in [0.2, 0.25) is 0 Å². The predicted octanol–water partition coefficient (Wildman–Crippen LogP) is -1.95. The van der Waals surface area contributed by atoms with Gasteiger partial charge in [0.15, 0.2) is 9.12 Å². The standard InChI is InChI=1S/C9H29N3O6Si3/c1-13-20(14-2,15-3)9(7-8(10)19(11)12)21(16-4,17-5)18-6/h8-9,19H,7,10-12H2,1-6H3. The smallest absolute Gasteiger partial charge is 0.377 e. The summed E-state index contributed by atoms with van der Waals surface area (Å²) >= 11 is 0. The zero-order valence-electron chi connectivity index (χ0n) is 13.6. The van der Waals surface area contributed by atoms with Crippen LogP contribution in [0.25, 0.3) is 0 Å². The normalized spacial score (nSPS) is 15.0. The molecule has 0 aromatic carbocycles. The SMILES string of the molecule is CO[Si](OC)(OC)C(CC(N)[SiH](N)N)[Si](OC)(OC)OC. The van der Waals surface area contributed by atoms with E-state index >= 15 is 0 Å². The van der Waals surface area contributed by atoms with Crippen molar-refractivity contribution in [2.45, 2.75) is 17.3 Å². The maximum atomic E-state index is 6.06. The van der Waals surface area contributed by atoms with Crippen LogP contribution in [0.15, 0.2) is 0 Å². The minimum absolute atomic E-state index is 0.380. The van der Waals surface area contributed by atoms with Gasteiger partial charge in [-0.3, -0.25) is 0 Å². The Hall–Kier alpha value is 0.291. The maximum Gasteiger partial charge on any atom is 0.508 e. The highest BCUT2D eigenvalue weighted by molar-refractivity contribution is 6.82. The predicted molar refractivity (Wildman–Crippen MR) is 85.4 cm³/mol. The van der Waals surface area contributed by atoms with E-state index in [4.69, 9.17) is 43.1 Å². The monoisotopic (exact) mass is 359 g/mol. The van der Waals surface area contributed by atoms with Crippen molar-refractivity contribution in [3.05, 3.63) is 0 Å². The van der Waals surface area contributed by atoms with Crippen LogP contribution in [0.1, 0.15) is 6.42 Å². The second kappa shape index (κ2) is 9.43. The van der Waals surface area contributed by atoms with Crippen LogP contribution in [0.5, 0.6) is 0 Å². The molecular weight excluding hydrogens is 330 g/mol. The summed E-state index contributed by atoms with van der Waals surface area (Å²) in [6, 6.07) is 0. The summed E-state index contributed by atoms with van der Waals surface area (Å²) in [5, 5.41) is 11.2. The molecule has 12 heteroatoms. The molecule has 9 nitrogen and oxygen atoms in total. The van der Waals surface area contributed by atoms with Gasteiger partial charge in [0.05, 0.1) is 0 Å². The first-order chi connectivity index (χ1) is 9.82. The van der Waals surface area contributed by atoms with Gasteiger partial charge in [0.1, 0.15) is 5.16 Å². The molecule has 0 aliphatic heterocycles. The molecule has 0 rings (SSSR count). The molecule has 21 heavy (non-hydrogen) atoms. The summed E-state index contributed by atoms with van der Waals surface area (Å²) < 4.78 is 33.3. The van der Waals surface area contributed by atoms with Crippen molar-refractivity contribution in [2.75, 3.05) is 42.7 Å². The van der Waals surface area contributed by atoms with E-state index in [0.717, 1.165) is 0 Å². The van der Waals surface area contributed by atoms with Crippen LogP contribution >= 0.6 is 0 Å². The van der Waals surface area contributed by atoms with Gasteiger partial charge in [0.25, 0.3) is 0 Å². The molecule has 1 unspecified atom stereocenters. The van der Waals surface area contributed by atoms with E-state index in [2.05, 4.69) is 0 Å². The average Bonchev–Trinajstić information content (AvgIpc) is 2.51. The van der Waals surface area contributed by atoms with Gasteiger partial charge >= 0.3 is 17.6 Å². The summed E-state index contributed by atoms with van der Waals surface area (Å²) in [5.41, 5.74) is 5.68. The molecule has 0 radical (unpaired) electrons. The molecule has 128 valence electrons. The van der Waals surface area contributed by atoms with Gasteiger partial charge in [-0.05, 0) is 6.42 Å². The van der Waals surface area contributed by atoms with E-state index < -0.39 is 31.9 Å². The molecule has 0 aliphatic carbocycles. The molecule has 0 saturated carbocycles.